The van der Waals surface area contributed by atoms with Crippen molar-refractivity contribution in [3.8, 4) is 0 Å². The van der Waals surface area contributed by atoms with Crippen molar-refractivity contribution < 1.29 is 18.3 Å². The number of hydrogen-bond acceptors (Lipinski definition) is 5. The minimum atomic E-state index is -4.43. The fraction of sp³-hybridized carbons (Fsp3) is 0.522. The molecular formula is C23H29N6O4S-. The van der Waals surface area contributed by atoms with Gasteiger partial charge in [-0.3, -0.25) is 9.48 Å². The molecule has 1 aromatic heterocycles. The summed E-state index contributed by atoms with van der Waals surface area (Å²) < 4.78 is 33.1. The first-order chi connectivity index (χ1) is 16.2. The van der Waals surface area contributed by atoms with Crippen LogP contribution in [-0.2, 0) is 47.7 Å². The number of fused-ring (bicyclic) bond motifs is 2. The standard InChI is InChI=1S/C23H30N6O4S/c1-27-10-9-17(12-21(27)30)29(18-13-24-28(2)14-18)34(32,33)26-23(31)25-22-19-7-3-5-15(19)11-16-6-4-8-20(16)22/h11,13-14,17H,3-10,12H2,1-2H3,(H2,25,26,31)/p-1. The van der Waals surface area contributed by atoms with Crippen LogP contribution in [0.1, 0.15) is 47.9 Å². The van der Waals surface area contributed by atoms with Crippen molar-refractivity contribution in [2.75, 3.05) is 23.2 Å². The summed E-state index contributed by atoms with van der Waals surface area (Å²) in [6.45, 7) is 0.421. The third-order valence-electron chi connectivity index (χ3n) is 7.06. The highest BCUT2D eigenvalue weighted by Gasteiger charge is 2.36. The zero-order valence-corrected chi connectivity index (χ0v) is 20.3. The molecule has 5 rings (SSSR count). The van der Waals surface area contributed by atoms with Crippen LogP contribution in [0.4, 0.5) is 11.4 Å². The van der Waals surface area contributed by atoms with Crippen LogP contribution >= 0.6 is 0 Å². The summed E-state index contributed by atoms with van der Waals surface area (Å²) in [4.78, 5) is 13.9. The molecule has 3 aliphatic rings. The van der Waals surface area contributed by atoms with Crippen LogP contribution in [0.25, 0.3) is 0 Å². The van der Waals surface area contributed by atoms with Gasteiger partial charge in [-0.1, -0.05) is 6.07 Å². The highest BCUT2D eigenvalue weighted by molar-refractivity contribution is 7.91. The highest BCUT2D eigenvalue weighted by atomic mass is 32.2. The van der Waals surface area contributed by atoms with Gasteiger partial charge < -0.3 is 15.3 Å². The number of rotatable bonds is 5. The van der Waals surface area contributed by atoms with Crippen LogP contribution in [-0.4, -0.2) is 54.7 Å². The van der Waals surface area contributed by atoms with Gasteiger partial charge in [-0.05, 0) is 67.2 Å². The molecule has 1 atom stereocenters. The van der Waals surface area contributed by atoms with Crippen molar-refractivity contribution in [2.45, 2.75) is 57.4 Å². The van der Waals surface area contributed by atoms with Gasteiger partial charge in [0.25, 0.3) is 0 Å². The lowest BCUT2D eigenvalue weighted by Gasteiger charge is -2.35. The quantitative estimate of drug-likeness (QED) is 0.496. The van der Waals surface area contributed by atoms with Crippen LogP contribution in [0.15, 0.2) is 22.9 Å². The predicted molar refractivity (Wildman–Crippen MR) is 127 cm³/mol. The number of carbonyl (C=O) groups excluding carboxylic acids is 1. The summed E-state index contributed by atoms with van der Waals surface area (Å²) >= 11 is 0. The number of piperidine rings is 1. The molecule has 10 nitrogen and oxygen atoms in total. The fourth-order valence-corrected chi connectivity index (χ4v) is 6.69. The summed E-state index contributed by atoms with van der Waals surface area (Å²) in [5, 5.41) is 19.9. The maximum Gasteiger partial charge on any atom is 0.345 e. The first-order valence-electron chi connectivity index (χ1n) is 11.7. The molecule has 0 bridgehead atoms. The van der Waals surface area contributed by atoms with E-state index < -0.39 is 22.3 Å². The lowest BCUT2D eigenvalue weighted by molar-refractivity contribution is -0.213. The Morgan fingerprint density at radius 3 is 2.44 bits per heavy atom. The molecule has 0 saturated carbocycles. The van der Waals surface area contributed by atoms with Gasteiger partial charge >= 0.3 is 10.2 Å². The van der Waals surface area contributed by atoms with Gasteiger partial charge in [0.15, 0.2) is 0 Å². The van der Waals surface area contributed by atoms with Crippen molar-refractivity contribution in [3.63, 3.8) is 0 Å². The summed E-state index contributed by atoms with van der Waals surface area (Å²) in [5.74, 6) is -0.153. The normalized spacial score (nSPS) is 20.4. The minimum absolute atomic E-state index is 0.0153. The Hall–Kier alpha value is -3.08. The van der Waals surface area contributed by atoms with E-state index in [2.05, 4.69) is 20.9 Å². The van der Waals surface area contributed by atoms with E-state index in [1.807, 2.05) is 0 Å². The average molecular weight is 486 g/mol. The largest absolute Gasteiger partial charge is 0.845 e. The summed E-state index contributed by atoms with van der Waals surface area (Å²) in [7, 11) is -1.06. The number of nitrogens with zero attached hydrogens (tertiary/aromatic N) is 5. The maximum atomic E-state index is 13.4. The Labute approximate surface area is 199 Å². The molecule has 1 amide bonds. The van der Waals surface area contributed by atoms with Crippen molar-refractivity contribution in [1.29, 1.82) is 0 Å². The van der Waals surface area contributed by atoms with Crippen molar-refractivity contribution in [3.05, 3.63) is 40.7 Å². The zero-order valence-electron chi connectivity index (χ0n) is 19.5. The molecule has 11 heteroatoms. The Morgan fingerprint density at radius 1 is 1.18 bits per heavy atom. The highest BCUT2D eigenvalue weighted by Crippen LogP contribution is 2.38. The van der Waals surface area contributed by atoms with Gasteiger partial charge in [-0.15, -0.1) is 4.40 Å². The monoisotopic (exact) mass is 485 g/mol. The topological polar surface area (TPSA) is 123 Å². The number of amides is 1. The lowest BCUT2D eigenvalue weighted by atomic mass is 9.99. The number of amidine groups is 1. The van der Waals surface area contributed by atoms with Crippen LogP contribution in [0, 0.1) is 0 Å². The minimum Gasteiger partial charge on any atom is -0.845 e. The lowest BCUT2D eigenvalue weighted by Crippen LogP contribution is -2.49. The third-order valence-corrected chi connectivity index (χ3v) is 8.47. The number of carbonyl (C=O) groups is 1. The van der Waals surface area contributed by atoms with Gasteiger partial charge in [-0.25, -0.2) is 4.31 Å². The molecule has 1 aromatic carbocycles. The second kappa shape index (κ2) is 8.61. The van der Waals surface area contributed by atoms with Gasteiger partial charge in [0, 0.05) is 38.9 Å². The summed E-state index contributed by atoms with van der Waals surface area (Å²) in [6, 6.07) is 0.692. The zero-order chi connectivity index (χ0) is 24.0. The van der Waals surface area contributed by atoms with E-state index in [0.717, 1.165) is 59.6 Å². The number of aromatic nitrogens is 2. The number of anilines is 2. The molecule has 1 aliphatic heterocycles. The van der Waals surface area contributed by atoms with E-state index >= 15 is 0 Å². The molecule has 1 fully saturated rings. The van der Waals surface area contributed by atoms with Crippen LogP contribution in [0.2, 0.25) is 0 Å². The molecule has 1 N–H and O–H groups in total. The molecule has 182 valence electrons. The molecule has 2 aliphatic carbocycles. The number of benzene rings is 1. The van der Waals surface area contributed by atoms with Gasteiger partial charge in [0.1, 0.15) is 0 Å². The van der Waals surface area contributed by atoms with E-state index in [9.17, 15) is 18.3 Å². The second-order valence-corrected chi connectivity index (χ2v) is 10.8. The van der Waals surface area contributed by atoms with Gasteiger partial charge in [0.05, 0.1) is 23.9 Å². The Balaban J connectivity index is 1.48. The van der Waals surface area contributed by atoms with Crippen LogP contribution in [0.3, 0.4) is 0 Å². The van der Waals surface area contributed by atoms with Gasteiger partial charge in [0.2, 0.25) is 5.91 Å². The van der Waals surface area contributed by atoms with Crippen LogP contribution in [0.5, 0.6) is 0 Å². The predicted octanol–water partition coefficient (Wildman–Crippen LogP) is 0.898. The van der Waals surface area contributed by atoms with E-state index in [1.54, 1.807) is 25.2 Å². The summed E-state index contributed by atoms with van der Waals surface area (Å²) in [6.07, 6.45) is 9.13. The number of likely N-dealkylation sites (tertiary alicyclic amines) is 1. The smallest absolute Gasteiger partial charge is 0.345 e. The second-order valence-electron chi connectivity index (χ2n) is 9.36. The molecule has 1 unspecified atom stereocenters. The van der Waals surface area contributed by atoms with E-state index in [0.29, 0.717) is 13.0 Å². The molecule has 0 spiro atoms. The Morgan fingerprint density at radius 2 is 1.85 bits per heavy atom. The SMILES string of the molecule is CN1CCC(N(c2cnn(C)c2)S(=O)(=O)/N=C(\[O-])Nc2c3c(cc4c2CCC4)CCC3)CC1=O. The van der Waals surface area contributed by atoms with Crippen LogP contribution < -0.4 is 14.7 Å². The number of hydrogen-bond donors (Lipinski definition) is 1. The maximum absolute atomic E-state index is 13.4. The average Bonchev–Trinajstić information content (AvgIpc) is 3.51. The van der Waals surface area contributed by atoms with E-state index in [-0.39, 0.29) is 18.0 Å². The molecule has 0 radical (unpaired) electrons. The summed E-state index contributed by atoms with van der Waals surface area (Å²) in [5.41, 5.74) is 5.70. The number of nitrogens with one attached hydrogen (secondary N) is 1. The fourth-order valence-electron chi connectivity index (χ4n) is 5.43. The Kier molecular flexibility index (Phi) is 5.75. The van der Waals surface area contributed by atoms with Crippen molar-refractivity contribution in [1.82, 2.24) is 14.7 Å². The molecular weight excluding hydrogens is 456 g/mol. The molecule has 1 saturated heterocycles. The number of aryl methyl sites for hydroxylation is 3. The van der Waals surface area contributed by atoms with E-state index in [1.165, 1.54) is 22.0 Å². The van der Waals surface area contributed by atoms with Crippen molar-refractivity contribution >= 4 is 33.5 Å². The first kappa shape index (κ1) is 22.7. The molecule has 2 heterocycles. The molecule has 34 heavy (non-hydrogen) atoms. The first-order valence-corrected chi connectivity index (χ1v) is 13.1. The van der Waals surface area contributed by atoms with Gasteiger partial charge in [-0.2, -0.15) is 13.5 Å². The Bertz CT molecular complexity index is 1240. The molecule has 2 aromatic rings. The van der Waals surface area contributed by atoms with Crippen molar-refractivity contribution in [2.24, 2.45) is 11.4 Å². The third kappa shape index (κ3) is 4.13. The van der Waals surface area contributed by atoms with E-state index in [4.69, 9.17) is 0 Å².